The maximum atomic E-state index is 13.8. The molecule has 1 unspecified atom stereocenters. The SMILES string of the molecule is COc1ccccc1N1CCN(C(=O)CNC(=O)C(Nc2cccc(C(=N)N)c2)c2ccc(OCc3ccccc3)c(OCC(=O)O)c2)CC1. The fourth-order valence-corrected chi connectivity index (χ4v) is 5.52. The second kappa shape index (κ2) is 16.7. The predicted octanol–water partition coefficient (Wildman–Crippen LogP) is 3.64. The summed E-state index contributed by atoms with van der Waals surface area (Å²) in [5, 5.41) is 23.1. The van der Waals surface area contributed by atoms with E-state index < -0.39 is 24.5 Å². The Morgan fingerprint density at radius 3 is 2.32 bits per heavy atom. The van der Waals surface area contributed by atoms with Crippen molar-refractivity contribution in [1.82, 2.24) is 10.2 Å². The number of hydrogen-bond acceptors (Lipinski definition) is 9. The van der Waals surface area contributed by atoms with E-state index in [1.54, 1.807) is 48.4 Å². The summed E-state index contributed by atoms with van der Waals surface area (Å²) in [5.74, 6) is -0.887. The van der Waals surface area contributed by atoms with Crippen LogP contribution in [0.1, 0.15) is 22.7 Å². The lowest BCUT2D eigenvalue weighted by molar-refractivity contribution is -0.139. The van der Waals surface area contributed by atoms with Crippen molar-refractivity contribution in [1.29, 1.82) is 5.41 Å². The number of aliphatic carboxylic acids is 1. The summed E-state index contributed by atoms with van der Waals surface area (Å²) in [5.41, 5.74) is 8.92. The molecule has 5 rings (SSSR count). The van der Waals surface area contributed by atoms with E-state index in [4.69, 9.17) is 25.4 Å². The lowest BCUT2D eigenvalue weighted by Gasteiger charge is -2.36. The summed E-state index contributed by atoms with van der Waals surface area (Å²) in [4.78, 5) is 42.4. The van der Waals surface area contributed by atoms with Crippen molar-refractivity contribution in [3.05, 3.63) is 114 Å². The molecule has 0 spiro atoms. The van der Waals surface area contributed by atoms with Gasteiger partial charge in [0.2, 0.25) is 11.8 Å². The number of nitrogens with zero attached hydrogens (tertiary/aromatic N) is 2. The fraction of sp³-hybridized carbons (Fsp3) is 0.243. The minimum absolute atomic E-state index is 0.127. The van der Waals surface area contributed by atoms with Crippen LogP contribution in [0.15, 0.2) is 97.1 Å². The zero-order valence-corrected chi connectivity index (χ0v) is 27.6. The first-order valence-electron chi connectivity index (χ1n) is 16.0. The van der Waals surface area contributed by atoms with Crippen molar-refractivity contribution in [3.8, 4) is 17.2 Å². The number of carbonyl (C=O) groups excluding carboxylic acids is 2. The minimum atomic E-state index is -1.18. The molecular formula is C37H40N6O7. The number of methoxy groups -OCH3 is 1. The number of para-hydroxylation sites is 2. The minimum Gasteiger partial charge on any atom is -0.495 e. The number of benzene rings is 4. The van der Waals surface area contributed by atoms with Crippen LogP contribution in [0.4, 0.5) is 11.4 Å². The van der Waals surface area contributed by atoms with Gasteiger partial charge >= 0.3 is 5.97 Å². The van der Waals surface area contributed by atoms with Crippen LogP contribution in [0.25, 0.3) is 0 Å². The standard InChI is InChI=1S/C37H40N6O7/c1-48-30-13-6-5-12-29(30)42-16-18-43(19-17-42)33(44)22-40-37(47)35(41-28-11-7-10-27(20-28)36(38)39)26-14-15-31(32(21-26)50-24-34(45)46)49-23-25-8-3-2-4-9-25/h2-15,20-21,35,41H,16-19,22-24H2,1H3,(H3,38,39)(H,40,47)(H,45,46). The fourth-order valence-electron chi connectivity index (χ4n) is 5.52. The predicted molar refractivity (Wildman–Crippen MR) is 189 cm³/mol. The van der Waals surface area contributed by atoms with E-state index in [2.05, 4.69) is 15.5 Å². The summed E-state index contributed by atoms with van der Waals surface area (Å²) in [6.45, 7) is 1.50. The van der Waals surface area contributed by atoms with E-state index >= 15 is 0 Å². The number of nitrogen functional groups attached to an aromatic ring is 1. The molecule has 0 aromatic heterocycles. The van der Waals surface area contributed by atoms with Crippen molar-refractivity contribution in [3.63, 3.8) is 0 Å². The second-order valence-corrected chi connectivity index (χ2v) is 11.5. The summed E-state index contributed by atoms with van der Waals surface area (Å²) < 4.78 is 17.1. The highest BCUT2D eigenvalue weighted by atomic mass is 16.5. The Bertz CT molecular complexity index is 1810. The molecule has 0 bridgehead atoms. The quantitative estimate of drug-likeness (QED) is 0.0920. The molecule has 260 valence electrons. The molecule has 6 N–H and O–H groups in total. The topological polar surface area (TPSA) is 180 Å². The highest BCUT2D eigenvalue weighted by Gasteiger charge is 2.26. The molecule has 13 nitrogen and oxygen atoms in total. The van der Waals surface area contributed by atoms with E-state index in [9.17, 15) is 19.5 Å². The number of nitrogens with two attached hydrogens (primary N) is 1. The summed E-state index contributed by atoms with van der Waals surface area (Å²) in [6.07, 6.45) is 0. The van der Waals surface area contributed by atoms with Gasteiger partial charge in [-0.15, -0.1) is 0 Å². The van der Waals surface area contributed by atoms with E-state index in [0.717, 1.165) is 17.0 Å². The Hall–Kier alpha value is -6.24. The highest BCUT2D eigenvalue weighted by Crippen LogP contribution is 2.33. The number of nitrogens with one attached hydrogen (secondary N) is 3. The van der Waals surface area contributed by atoms with Crippen LogP contribution < -0.4 is 35.5 Å². The summed E-state index contributed by atoms with van der Waals surface area (Å²) in [7, 11) is 1.63. The molecule has 1 aliphatic rings. The zero-order valence-electron chi connectivity index (χ0n) is 27.6. The van der Waals surface area contributed by atoms with Gasteiger partial charge in [0.05, 0.1) is 19.3 Å². The van der Waals surface area contributed by atoms with Crippen LogP contribution in [-0.2, 0) is 21.0 Å². The van der Waals surface area contributed by atoms with Gasteiger partial charge in [-0.1, -0.05) is 60.7 Å². The molecule has 4 aromatic carbocycles. The Morgan fingerprint density at radius 2 is 1.60 bits per heavy atom. The first-order chi connectivity index (χ1) is 24.2. The average molecular weight is 681 g/mol. The summed E-state index contributed by atoms with van der Waals surface area (Å²) >= 11 is 0. The van der Waals surface area contributed by atoms with Crippen molar-refractivity contribution in [2.45, 2.75) is 12.6 Å². The maximum Gasteiger partial charge on any atom is 0.341 e. The van der Waals surface area contributed by atoms with Crippen molar-refractivity contribution >= 4 is 35.0 Å². The van der Waals surface area contributed by atoms with Crippen LogP contribution in [0.3, 0.4) is 0 Å². The van der Waals surface area contributed by atoms with Crippen LogP contribution in [-0.4, -0.2) is 80.1 Å². The molecule has 1 aliphatic heterocycles. The molecule has 13 heteroatoms. The number of carboxylic acid groups (broad SMARTS) is 1. The van der Waals surface area contributed by atoms with Crippen LogP contribution >= 0.6 is 0 Å². The monoisotopic (exact) mass is 680 g/mol. The van der Waals surface area contributed by atoms with Gasteiger partial charge in [-0.05, 0) is 47.5 Å². The lowest BCUT2D eigenvalue weighted by atomic mass is 10.0. The molecule has 0 radical (unpaired) electrons. The molecular weight excluding hydrogens is 640 g/mol. The zero-order chi connectivity index (χ0) is 35.5. The molecule has 2 amide bonds. The number of hydrogen-bond donors (Lipinski definition) is 5. The number of piperazine rings is 1. The van der Waals surface area contributed by atoms with E-state index in [1.807, 2.05) is 54.6 Å². The number of rotatable bonds is 15. The molecule has 0 aliphatic carbocycles. The van der Waals surface area contributed by atoms with Crippen LogP contribution in [0.2, 0.25) is 0 Å². The normalized spacial score (nSPS) is 13.1. The molecule has 1 heterocycles. The number of carboxylic acids is 1. The van der Waals surface area contributed by atoms with Gasteiger partial charge in [0.1, 0.15) is 24.2 Å². The largest absolute Gasteiger partial charge is 0.495 e. The molecule has 1 atom stereocenters. The van der Waals surface area contributed by atoms with Gasteiger partial charge in [-0.2, -0.15) is 0 Å². The van der Waals surface area contributed by atoms with Gasteiger partial charge in [-0.25, -0.2) is 4.79 Å². The highest BCUT2D eigenvalue weighted by molar-refractivity contribution is 5.96. The van der Waals surface area contributed by atoms with Gasteiger partial charge < -0.3 is 45.5 Å². The number of amidine groups is 1. The van der Waals surface area contributed by atoms with Gasteiger partial charge in [0.15, 0.2) is 18.1 Å². The molecule has 1 saturated heterocycles. The van der Waals surface area contributed by atoms with E-state index in [1.165, 1.54) is 6.07 Å². The number of carbonyl (C=O) groups is 3. The first kappa shape index (κ1) is 35.1. The van der Waals surface area contributed by atoms with Crippen molar-refractivity contribution < 1.29 is 33.7 Å². The van der Waals surface area contributed by atoms with Gasteiger partial charge in [0, 0.05) is 37.4 Å². The Kier molecular flexibility index (Phi) is 11.7. The lowest BCUT2D eigenvalue weighted by Crippen LogP contribution is -2.51. The number of ether oxygens (including phenoxy) is 3. The molecule has 1 fully saturated rings. The smallest absolute Gasteiger partial charge is 0.341 e. The van der Waals surface area contributed by atoms with Gasteiger partial charge in [-0.3, -0.25) is 15.0 Å². The molecule has 50 heavy (non-hydrogen) atoms. The van der Waals surface area contributed by atoms with E-state index in [-0.39, 0.29) is 30.6 Å². The van der Waals surface area contributed by atoms with Crippen LogP contribution in [0.5, 0.6) is 17.2 Å². The van der Waals surface area contributed by atoms with Crippen molar-refractivity contribution in [2.24, 2.45) is 5.73 Å². The third-order valence-corrected chi connectivity index (χ3v) is 8.11. The van der Waals surface area contributed by atoms with E-state index in [0.29, 0.717) is 48.7 Å². The number of amides is 2. The molecule has 0 saturated carbocycles. The average Bonchev–Trinajstić information content (AvgIpc) is 3.14. The molecule has 4 aromatic rings. The third-order valence-electron chi connectivity index (χ3n) is 8.11. The van der Waals surface area contributed by atoms with Crippen molar-refractivity contribution in [2.75, 3.05) is 56.7 Å². The first-order valence-corrected chi connectivity index (χ1v) is 16.0. The third kappa shape index (κ3) is 9.22. The Labute approximate surface area is 290 Å². The summed E-state index contributed by atoms with van der Waals surface area (Å²) in [6, 6.07) is 27.7. The van der Waals surface area contributed by atoms with Gasteiger partial charge in [0.25, 0.3) is 0 Å². The second-order valence-electron chi connectivity index (χ2n) is 11.5. The maximum absolute atomic E-state index is 13.8. The Balaban J connectivity index is 1.32. The van der Waals surface area contributed by atoms with Crippen LogP contribution in [0, 0.1) is 5.41 Å². The number of anilines is 2. The Morgan fingerprint density at radius 1 is 0.860 bits per heavy atom.